The van der Waals surface area contributed by atoms with E-state index >= 15 is 0 Å². The Bertz CT molecular complexity index is 1940. The third kappa shape index (κ3) is 3.73. The van der Waals surface area contributed by atoms with Crippen molar-refractivity contribution in [1.29, 1.82) is 0 Å². The van der Waals surface area contributed by atoms with Crippen molar-refractivity contribution < 1.29 is 19.2 Å². The van der Waals surface area contributed by atoms with Crippen molar-refractivity contribution in [1.82, 2.24) is 20.4 Å². The lowest BCUT2D eigenvalue weighted by atomic mass is 9.54. The smallest absolute Gasteiger partial charge is 0.247 e. The number of nitrogens with one attached hydrogen (secondary N) is 4. The van der Waals surface area contributed by atoms with Gasteiger partial charge >= 0.3 is 0 Å². The summed E-state index contributed by atoms with van der Waals surface area (Å²) in [5, 5.41) is 13.6. The molecule has 6 aliphatic heterocycles. The molecule has 10 heteroatoms. The second-order valence-electron chi connectivity index (χ2n) is 14.6. The van der Waals surface area contributed by atoms with E-state index in [9.17, 15) is 19.2 Å². The van der Waals surface area contributed by atoms with Gasteiger partial charge in [0.1, 0.15) is 36.5 Å². The first-order valence-electron chi connectivity index (χ1n) is 17.5. The molecule has 0 aromatic heterocycles. The molecule has 10 rings (SSSR count). The molecule has 0 saturated carbocycles. The number of hydrogen-bond acceptors (Lipinski definition) is 6. The first kappa shape index (κ1) is 29.3. The van der Waals surface area contributed by atoms with Crippen LogP contribution in [0, 0.1) is 0 Å². The number of piperazine rings is 2. The predicted octanol–water partition coefficient (Wildman–Crippen LogP) is 3.05. The molecule has 4 fully saturated rings. The SMILES string of the molecule is O=C1N[C@H](Cc2ccccc2)C(=O)N2[C@@H]1CC1([C@]34C[C@@H]5C(=O)N[C@@H](Cc6ccccc6)C(=O)N5[C@@H]3Nc3ccccc34)c3ccccc3N[C@@H]21. The molecule has 0 spiro atoms. The fourth-order valence-electron chi connectivity index (χ4n) is 10.4. The highest BCUT2D eigenvalue weighted by Gasteiger charge is 2.78. The molecule has 4 saturated heterocycles. The summed E-state index contributed by atoms with van der Waals surface area (Å²) in [5.41, 5.74) is 4.00. The molecule has 8 atom stereocenters. The van der Waals surface area contributed by atoms with E-state index in [1.54, 1.807) is 9.80 Å². The summed E-state index contributed by atoms with van der Waals surface area (Å²) < 4.78 is 0. The minimum absolute atomic E-state index is 0.134. The number of para-hydroxylation sites is 2. The molecule has 250 valence electrons. The van der Waals surface area contributed by atoms with Gasteiger partial charge in [0.15, 0.2) is 0 Å². The van der Waals surface area contributed by atoms with E-state index in [-0.39, 0.29) is 23.6 Å². The van der Waals surface area contributed by atoms with Gasteiger partial charge in [-0.1, -0.05) is 97.1 Å². The van der Waals surface area contributed by atoms with Crippen LogP contribution in [0.4, 0.5) is 11.4 Å². The van der Waals surface area contributed by atoms with Crippen LogP contribution < -0.4 is 21.3 Å². The lowest BCUT2D eigenvalue weighted by molar-refractivity contribution is -0.149. The highest BCUT2D eigenvalue weighted by atomic mass is 16.2. The molecule has 0 aliphatic carbocycles. The van der Waals surface area contributed by atoms with Gasteiger partial charge in [-0.05, 0) is 47.2 Å². The van der Waals surface area contributed by atoms with Crippen LogP contribution in [0.15, 0.2) is 109 Å². The number of hydrogen-bond donors (Lipinski definition) is 4. The number of amides is 4. The number of anilines is 2. The lowest BCUT2D eigenvalue weighted by Gasteiger charge is -2.48. The third-order valence-electron chi connectivity index (χ3n) is 12.3. The van der Waals surface area contributed by atoms with Crippen molar-refractivity contribution in [2.45, 2.75) is 73.0 Å². The van der Waals surface area contributed by atoms with Crippen LogP contribution in [0.1, 0.15) is 35.1 Å². The molecule has 6 aliphatic rings. The molecule has 4 amide bonds. The Labute approximate surface area is 289 Å². The van der Waals surface area contributed by atoms with Crippen molar-refractivity contribution in [3.05, 3.63) is 131 Å². The van der Waals surface area contributed by atoms with Gasteiger partial charge in [-0.3, -0.25) is 19.2 Å². The summed E-state index contributed by atoms with van der Waals surface area (Å²) in [4.78, 5) is 61.2. The van der Waals surface area contributed by atoms with Gasteiger partial charge in [-0.15, -0.1) is 0 Å². The average molecular weight is 665 g/mol. The molecule has 6 heterocycles. The number of benzene rings is 4. The van der Waals surface area contributed by atoms with Gasteiger partial charge in [0.05, 0.1) is 10.8 Å². The van der Waals surface area contributed by atoms with Crippen LogP contribution in [0.5, 0.6) is 0 Å². The summed E-state index contributed by atoms with van der Waals surface area (Å²) >= 11 is 0. The Kier molecular flexibility index (Phi) is 6.11. The highest BCUT2D eigenvalue weighted by molar-refractivity contribution is 6.01. The quantitative estimate of drug-likeness (QED) is 0.260. The minimum atomic E-state index is -0.861. The second kappa shape index (κ2) is 10.4. The third-order valence-corrected chi connectivity index (χ3v) is 12.3. The van der Waals surface area contributed by atoms with E-state index < -0.39 is 47.3 Å². The normalized spacial score (nSPS) is 32.9. The van der Waals surface area contributed by atoms with Crippen molar-refractivity contribution in [3.8, 4) is 0 Å². The maximum Gasteiger partial charge on any atom is 0.247 e. The van der Waals surface area contributed by atoms with Gasteiger partial charge in [0, 0.05) is 24.2 Å². The van der Waals surface area contributed by atoms with Gasteiger partial charge < -0.3 is 31.1 Å². The standard InChI is InChI=1S/C40H36N6O4/c47-33-31-21-39(25-15-7-9-17-27(25)43-37(39)45(31)35(49)29(41-33)19-23-11-3-1-4-12-23)40-22-32-34(48)42-30(20-24-13-5-2-6-14-24)36(50)46(32)38(40)44-28-18-10-8-16-26(28)40/h1-18,29-32,37-38,43-44H,19-22H2,(H,41,47)(H,42,48)/t29-,30+,31-,32-,37+,38+,39?,40+/m1/s1. The maximum atomic E-state index is 14.6. The van der Waals surface area contributed by atoms with Gasteiger partial charge in [-0.25, -0.2) is 0 Å². The summed E-state index contributed by atoms with van der Waals surface area (Å²) in [5.74, 6) is -0.632. The highest BCUT2D eigenvalue weighted by Crippen LogP contribution is 2.68. The number of carbonyl (C=O) groups excluding carboxylic acids is 4. The first-order valence-corrected chi connectivity index (χ1v) is 17.5. The monoisotopic (exact) mass is 664 g/mol. The predicted molar refractivity (Wildman–Crippen MR) is 186 cm³/mol. The van der Waals surface area contributed by atoms with Crippen molar-refractivity contribution in [2.24, 2.45) is 0 Å². The molecule has 10 nitrogen and oxygen atoms in total. The fourth-order valence-corrected chi connectivity index (χ4v) is 10.4. The molecule has 4 aromatic rings. The van der Waals surface area contributed by atoms with Gasteiger partial charge in [-0.2, -0.15) is 0 Å². The van der Waals surface area contributed by atoms with E-state index in [4.69, 9.17) is 0 Å². The Balaban J connectivity index is 1.13. The Hall–Kier alpha value is -5.64. The Morgan fingerprint density at radius 1 is 0.500 bits per heavy atom. The number of carbonyl (C=O) groups is 4. The molecule has 0 radical (unpaired) electrons. The Morgan fingerprint density at radius 2 is 0.880 bits per heavy atom. The number of fused-ring (bicyclic) bond motifs is 11. The fraction of sp³-hybridized carbons (Fsp3) is 0.300. The molecule has 4 aromatic carbocycles. The summed E-state index contributed by atoms with van der Waals surface area (Å²) in [6, 6.07) is 32.8. The van der Waals surface area contributed by atoms with Crippen LogP contribution >= 0.6 is 0 Å². The Morgan fingerprint density at radius 3 is 1.30 bits per heavy atom. The average Bonchev–Trinajstić information content (AvgIpc) is 3.85. The summed E-state index contributed by atoms with van der Waals surface area (Å²) in [7, 11) is 0. The van der Waals surface area contributed by atoms with Gasteiger partial charge in [0.2, 0.25) is 23.6 Å². The van der Waals surface area contributed by atoms with Crippen molar-refractivity contribution >= 4 is 35.0 Å². The minimum Gasteiger partial charge on any atom is -0.364 e. The molecule has 1 unspecified atom stereocenters. The first-order chi connectivity index (χ1) is 24.4. The van der Waals surface area contributed by atoms with Crippen molar-refractivity contribution in [3.63, 3.8) is 0 Å². The summed E-state index contributed by atoms with van der Waals surface area (Å²) in [6.45, 7) is 0. The lowest BCUT2D eigenvalue weighted by Crippen LogP contribution is -2.67. The van der Waals surface area contributed by atoms with Gasteiger partial charge in [0.25, 0.3) is 0 Å². The van der Waals surface area contributed by atoms with E-state index in [0.29, 0.717) is 25.7 Å². The summed E-state index contributed by atoms with van der Waals surface area (Å²) in [6.07, 6.45) is 0.273. The maximum absolute atomic E-state index is 14.6. The largest absolute Gasteiger partial charge is 0.364 e. The number of rotatable bonds is 5. The molecule has 0 bridgehead atoms. The van der Waals surface area contributed by atoms with Crippen LogP contribution in [0.2, 0.25) is 0 Å². The zero-order valence-corrected chi connectivity index (χ0v) is 27.2. The zero-order chi connectivity index (χ0) is 33.8. The van der Waals surface area contributed by atoms with Crippen LogP contribution in [0.25, 0.3) is 0 Å². The van der Waals surface area contributed by atoms with Crippen LogP contribution in [-0.2, 0) is 42.8 Å². The van der Waals surface area contributed by atoms with E-state index in [0.717, 1.165) is 33.6 Å². The van der Waals surface area contributed by atoms with Crippen molar-refractivity contribution in [2.75, 3.05) is 10.6 Å². The van der Waals surface area contributed by atoms with E-state index in [1.165, 1.54) is 0 Å². The molecule has 50 heavy (non-hydrogen) atoms. The van der Waals surface area contributed by atoms with E-state index in [1.807, 2.05) is 97.1 Å². The zero-order valence-electron chi connectivity index (χ0n) is 27.2. The van der Waals surface area contributed by atoms with E-state index in [2.05, 4.69) is 33.4 Å². The molecule has 4 N–H and O–H groups in total. The molecular formula is C40H36N6O4. The topological polar surface area (TPSA) is 123 Å². The number of nitrogens with zero attached hydrogens (tertiary/aromatic N) is 2. The second-order valence-corrected chi connectivity index (χ2v) is 14.6. The molecular weight excluding hydrogens is 628 g/mol. The van der Waals surface area contributed by atoms with Crippen LogP contribution in [0.3, 0.4) is 0 Å². The van der Waals surface area contributed by atoms with Crippen LogP contribution in [-0.4, -0.2) is 69.9 Å².